The molecule has 1 amide bonds. The van der Waals surface area contributed by atoms with Gasteiger partial charge in [0, 0.05) is 5.92 Å². The van der Waals surface area contributed by atoms with Crippen LogP contribution in [0.2, 0.25) is 0 Å². The fourth-order valence-electron chi connectivity index (χ4n) is 2.24. The van der Waals surface area contributed by atoms with Crippen LogP contribution in [0, 0.1) is 5.82 Å². The van der Waals surface area contributed by atoms with E-state index in [0.29, 0.717) is 23.4 Å². The van der Waals surface area contributed by atoms with Crippen LogP contribution < -0.4 is 10.1 Å². The minimum absolute atomic E-state index is 0.0223. The minimum Gasteiger partial charge on any atom is -0.484 e. The van der Waals surface area contributed by atoms with E-state index in [9.17, 15) is 9.18 Å². The first-order valence-corrected chi connectivity index (χ1v) is 8.11. The van der Waals surface area contributed by atoms with E-state index in [4.69, 9.17) is 13.7 Å². The predicted molar refractivity (Wildman–Crippen MR) is 84.7 cm³/mol. The second-order valence-corrected chi connectivity index (χ2v) is 5.87. The quantitative estimate of drug-likeness (QED) is 0.692. The lowest BCUT2D eigenvalue weighted by molar-refractivity contribution is 0.0944. The van der Waals surface area contributed by atoms with Crippen LogP contribution in [0.1, 0.15) is 46.9 Å². The molecule has 8 nitrogen and oxygen atoms in total. The van der Waals surface area contributed by atoms with Crippen molar-refractivity contribution in [1.29, 1.82) is 0 Å². The lowest BCUT2D eigenvalue weighted by Crippen LogP contribution is -2.23. The van der Waals surface area contributed by atoms with E-state index >= 15 is 0 Å². The lowest BCUT2D eigenvalue weighted by atomic mass is 10.3. The third kappa shape index (κ3) is 3.88. The zero-order chi connectivity index (χ0) is 17.9. The molecule has 1 aromatic carbocycles. The molecule has 0 radical (unpaired) electrons. The van der Waals surface area contributed by atoms with E-state index < -0.39 is 5.91 Å². The van der Waals surface area contributed by atoms with Crippen molar-refractivity contribution in [2.45, 2.75) is 31.9 Å². The summed E-state index contributed by atoms with van der Waals surface area (Å²) in [4.78, 5) is 20.4. The van der Waals surface area contributed by atoms with Crippen molar-refractivity contribution >= 4 is 5.91 Å². The van der Waals surface area contributed by atoms with E-state index in [-0.39, 0.29) is 30.6 Å². The fraction of sp³-hybridized carbons (Fsp3) is 0.294. The highest BCUT2D eigenvalue weighted by atomic mass is 19.1. The van der Waals surface area contributed by atoms with Gasteiger partial charge in [-0.1, -0.05) is 5.16 Å². The predicted octanol–water partition coefficient (Wildman–Crippen LogP) is 2.58. The molecule has 0 bridgehead atoms. The summed E-state index contributed by atoms with van der Waals surface area (Å²) in [6, 6.07) is 5.56. The minimum atomic E-state index is -0.417. The molecule has 26 heavy (non-hydrogen) atoms. The Hall–Kier alpha value is -3.23. The number of amides is 1. The Bertz CT molecular complexity index is 902. The van der Waals surface area contributed by atoms with Crippen molar-refractivity contribution in [1.82, 2.24) is 20.4 Å². The molecule has 1 aliphatic carbocycles. The van der Waals surface area contributed by atoms with E-state index in [1.54, 1.807) is 0 Å². The van der Waals surface area contributed by atoms with Crippen LogP contribution in [-0.4, -0.2) is 21.0 Å². The molecule has 1 fully saturated rings. The van der Waals surface area contributed by atoms with Gasteiger partial charge in [-0.15, -0.1) is 0 Å². The molecule has 0 atom stereocenters. The number of halogens is 1. The third-order valence-electron chi connectivity index (χ3n) is 3.78. The summed E-state index contributed by atoms with van der Waals surface area (Å²) >= 11 is 0. The lowest BCUT2D eigenvalue weighted by Gasteiger charge is -2.02. The maximum atomic E-state index is 12.8. The molecular weight excluding hydrogens is 343 g/mol. The van der Waals surface area contributed by atoms with Crippen LogP contribution >= 0.6 is 0 Å². The van der Waals surface area contributed by atoms with E-state index in [0.717, 1.165) is 12.8 Å². The smallest absolute Gasteiger partial charge is 0.273 e. The first-order valence-electron chi connectivity index (χ1n) is 8.11. The maximum Gasteiger partial charge on any atom is 0.273 e. The molecule has 1 saturated carbocycles. The Morgan fingerprint density at radius 2 is 2.08 bits per heavy atom. The highest BCUT2D eigenvalue weighted by Gasteiger charge is 2.29. The van der Waals surface area contributed by atoms with Crippen molar-refractivity contribution in [2.24, 2.45) is 0 Å². The number of aromatic nitrogens is 3. The molecule has 1 N–H and O–H groups in total. The van der Waals surface area contributed by atoms with Crippen LogP contribution in [0.25, 0.3) is 0 Å². The van der Waals surface area contributed by atoms with E-state index in [1.807, 2.05) is 0 Å². The molecule has 0 unspecified atom stereocenters. The molecule has 0 saturated heterocycles. The van der Waals surface area contributed by atoms with Crippen molar-refractivity contribution in [3.63, 3.8) is 0 Å². The largest absolute Gasteiger partial charge is 0.484 e. The third-order valence-corrected chi connectivity index (χ3v) is 3.78. The molecule has 1 aliphatic rings. The molecule has 2 heterocycles. The first kappa shape index (κ1) is 16.2. The van der Waals surface area contributed by atoms with Gasteiger partial charge in [0.2, 0.25) is 11.8 Å². The van der Waals surface area contributed by atoms with Crippen molar-refractivity contribution in [2.75, 3.05) is 0 Å². The molecule has 3 aromatic rings. The van der Waals surface area contributed by atoms with Crippen LogP contribution in [0.5, 0.6) is 5.75 Å². The van der Waals surface area contributed by atoms with Crippen molar-refractivity contribution < 1.29 is 22.9 Å². The molecule has 2 aromatic heterocycles. The van der Waals surface area contributed by atoms with Crippen LogP contribution in [-0.2, 0) is 13.2 Å². The van der Waals surface area contributed by atoms with Gasteiger partial charge < -0.3 is 19.0 Å². The molecule has 134 valence electrons. The summed E-state index contributed by atoms with van der Waals surface area (Å²) in [7, 11) is 0. The van der Waals surface area contributed by atoms with Gasteiger partial charge in [0.15, 0.2) is 18.1 Å². The van der Waals surface area contributed by atoms with Crippen LogP contribution in [0.3, 0.4) is 0 Å². The molecular formula is C17H15FN4O4. The molecule has 4 rings (SSSR count). The standard InChI is InChI=1S/C17H15FN4O4/c18-11-3-5-12(6-4-11)24-9-15-20-13(8-25-15)16(23)19-7-14-21-17(26-22-14)10-1-2-10/h3-6,8,10H,1-2,7,9H2,(H,19,23). The second kappa shape index (κ2) is 6.95. The Morgan fingerprint density at radius 1 is 1.27 bits per heavy atom. The van der Waals surface area contributed by atoms with Crippen LogP contribution in [0.4, 0.5) is 4.39 Å². The molecule has 0 aliphatic heterocycles. The van der Waals surface area contributed by atoms with E-state index in [1.165, 1.54) is 30.5 Å². The van der Waals surface area contributed by atoms with Gasteiger partial charge in [-0.3, -0.25) is 4.79 Å². The monoisotopic (exact) mass is 358 g/mol. The van der Waals surface area contributed by atoms with Crippen molar-refractivity contribution in [3.05, 3.63) is 59.6 Å². The van der Waals surface area contributed by atoms with Crippen molar-refractivity contribution in [3.8, 4) is 5.75 Å². The average Bonchev–Trinajstić information content (AvgIpc) is 3.20. The van der Waals surface area contributed by atoms with Crippen LogP contribution in [0.15, 0.2) is 39.5 Å². The number of benzene rings is 1. The first-order chi connectivity index (χ1) is 12.7. The van der Waals surface area contributed by atoms with Gasteiger partial charge in [-0.05, 0) is 37.1 Å². The molecule has 0 spiro atoms. The second-order valence-electron chi connectivity index (χ2n) is 5.87. The topological polar surface area (TPSA) is 103 Å². The Kier molecular flexibility index (Phi) is 4.34. The summed E-state index contributed by atoms with van der Waals surface area (Å²) in [5.74, 6) is 1.35. The van der Waals surface area contributed by atoms with E-state index in [2.05, 4.69) is 20.4 Å². The summed E-state index contributed by atoms with van der Waals surface area (Å²) in [5, 5.41) is 6.48. The number of ether oxygens (including phenoxy) is 1. The van der Waals surface area contributed by atoms with Gasteiger partial charge in [0.05, 0.1) is 6.54 Å². The Labute approximate surface area is 147 Å². The van der Waals surface area contributed by atoms with Gasteiger partial charge >= 0.3 is 0 Å². The zero-order valence-electron chi connectivity index (χ0n) is 13.6. The Balaban J connectivity index is 1.28. The number of carbonyl (C=O) groups excluding carboxylic acids is 1. The number of nitrogens with one attached hydrogen (secondary N) is 1. The molecule has 9 heteroatoms. The van der Waals surface area contributed by atoms with Gasteiger partial charge in [-0.2, -0.15) is 4.98 Å². The zero-order valence-corrected chi connectivity index (χ0v) is 13.6. The van der Waals surface area contributed by atoms with Gasteiger partial charge in [-0.25, -0.2) is 9.37 Å². The van der Waals surface area contributed by atoms with Gasteiger partial charge in [0.25, 0.3) is 5.91 Å². The maximum absolute atomic E-state index is 12.8. The number of hydrogen-bond donors (Lipinski definition) is 1. The SMILES string of the molecule is O=C(NCc1noc(C2CC2)n1)c1coc(COc2ccc(F)cc2)n1. The van der Waals surface area contributed by atoms with Gasteiger partial charge in [0.1, 0.15) is 17.8 Å². The highest BCUT2D eigenvalue weighted by molar-refractivity contribution is 5.91. The average molecular weight is 358 g/mol. The number of nitrogens with zero attached hydrogens (tertiary/aromatic N) is 3. The fourth-order valence-corrected chi connectivity index (χ4v) is 2.24. The highest BCUT2D eigenvalue weighted by Crippen LogP contribution is 2.38. The normalized spacial score (nSPS) is 13.6. The summed E-state index contributed by atoms with van der Waals surface area (Å²) in [6.07, 6.45) is 3.37. The number of carbonyl (C=O) groups is 1. The summed E-state index contributed by atoms with van der Waals surface area (Å²) < 4.78 is 28.6. The number of oxazole rings is 1. The summed E-state index contributed by atoms with van der Waals surface area (Å²) in [6.45, 7) is 0.165. The Morgan fingerprint density at radius 3 is 2.85 bits per heavy atom. The number of rotatable bonds is 7. The summed E-state index contributed by atoms with van der Waals surface area (Å²) in [5.41, 5.74) is 0.119. The number of hydrogen-bond acceptors (Lipinski definition) is 7.